The van der Waals surface area contributed by atoms with E-state index < -0.39 is 0 Å². The second kappa shape index (κ2) is 14.2. The first-order chi connectivity index (χ1) is 18.6. The Kier molecular flexibility index (Phi) is 10.4. The van der Waals surface area contributed by atoms with Gasteiger partial charge in [0.2, 0.25) is 0 Å². The molecule has 1 saturated carbocycles. The van der Waals surface area contributed by atoms with Gasteiger partial charge in [-0.25, -0.2) is 9.59 Å². The van der Waals surface area contributed by atoms with Gasteiger partial charge in [-0.3, -0.25) is 4.90 Å². The van der Waals surface area contributed by atoms with Crippen LogP contribution in [0.1, 0.15) is 59.7 Å². The first-order valence-corrected chi connectivity index (χ1v) is 13.7. The van der Waals surface area contributed by atoms with Crippen LogP contribution in [0.5, 0.6) is 5.75 Å². The number of carbonyl (C=O) groups is 2. The number of rotatable bonds is 10. The molecule has 2 fully saturated rings. The van der Waals surface area contributed by atoms with Crippen molar-refractivity contribution < 1.29 is 23.8 Å². The highest BCUT2D eigenvalue weighted by molar-refractivity contribution is 5.89. The minimum atomic E-state index is -0.353. The first kappa shape index (κ1) is 27.9. The Morgan fingerprint density at radius 2 is 1.71 bits per heavy atom. The Balaban J connectivity index is 1.32. The zero-order chi connectivity index (χ0) is 26.7. The minimum absolute atomic E-state index is 0.0613. The number of benzene rings is 2. The summed E-state index contributed by atoms with van der Waals surface area (Å²) in [6.07, 6.45) is 6.19. The second-order valence-corrected chi connectivity index (χ2v) is 10.2. The molecule has 1 heterocycles. The van der Waals surface area contributed by atoms with Crippen LogP contribution in [0.25, 0.3) is 0 Å². The first-order valence-electron chi connectivity index (χ1n) is 13.7. The summed E-state index contributed by atoms with van der Waals surface area (Å²) in [4.78, 5) is 28.8. The fraction of sp³-hybridized carbons (Fsp3) is 0.533. The normalized spacial score (nSPS) is 17.6. The van der Waals surface area contributed by atoms with Gasteiger partial charge >= 0.3 is 12.0 Å². The topological polar surface area (TPSA) is 80.3 Å². The molecule has 1 N–H and O–H groups in total. The van der Waals surface area contributed by atoms with Gasteiger partial charge in [0.25, 0.3) is 0 Å². The number of ether oxygens (including phenoxy) is 3. The zero-order valence-corrected chi connectivity index (χ0v) is 22.7. The van der Waals surface area contributed by atoms with E-state index in [-0.39, 0.29) is 18.1 Å². The molecule has 206 valence electrons. The highest BCUT2D eigenvalue weighted by Crippen LogP contribution is 2.26. The lowest BCUT2D eigenvalue weighted by Crippen LogP contribution is -2.53. The molecule has 1 saturated heterocycles. The number of hydrogen-bond acceptors (Lipinski definition) is 6. The van der Waals surface area contributed by atoms with Crippen LogP contribution in [-0.4, -0.2) is 75.3 Å². The standard InChI is InChI=1S/C30H41N3O5/c1-36-27-10-6-9-26(19-27)28(38-22-24-11-13-25(14-12-24)29(34)37-2)21-32-15-17-33(18-16-32)30(35)31-20-23-7-4-3-5-8-23/h6,9-14,19,23,28H,3-5,7-8,15-18,20-22H2,1-2H3,(H,31,35)/t28-/m1/s1. The highest BCUT2D eigenvalue weighted by atomic mass is 16.5. The molecule has 4 rings (SSSR count). The molecule has 2 aromatic carbocycles. The number of nitrogens with one attached hydrogen (secondary N) is 1. The van der Waals surface area contributed by atoms with Gasteiger partial charge in [-0.15, -0.1) is 0 Å². The third-order valence-electron chi connectivity index (χ3n) is 7.64. The molecular weight excluding hydrogens is 482 g/mol. The van der Waals surface area contributed by atoms with E-state index in [9.17, 15) is 9.59 Å². The summed E-state index contributed by atoms with van der Waals surface area (Å²) in [5, 5.41) is 3.17. The Hall–Kier alpha value is -3.10. The van der Waals surface area contributed by atoms with Crippen LogP contribution in [-0.2, 0) is 16.1 Å². The van der Waals surface area contributed by atoms with Crippen LogP contribution < -0.4 is 10.1 Å². The minimum Gasteiger partial charge on any atom is -0.497 e. The van der Waals surface area contributed by atoms with Crippen molar-refractivity contribution >= 4 is 12.0 Å². The number of methoxy groups -OCH3 is 2. The van der Waals surface area contributed by atoms with Gasteiger partial charge in [-0.2, -0.15) is 0 Å². The highest BCUT2D eigenvalue weighted by Gasteiger charge is 2.25. The van der Waals surface area contributed by atoms with Gasteiger partial charge in [0.05, 0.1) is 32.5 Å². The van der Waals surface area contributed by atoms with E-state index in [4.69, 9.17) is 14.2 Å². The quantitative estimate of drug-likeness (QED) is 0.457. The predicted octanol–water partition coefficient (Wildman–Crippen LogP) is 4.65. The van der Waals surface area contributed by atoms with E-state index >= 15 is 0 Å². The fourth-order valence-electron chi connectivity index (χ4n) is 5.25. The summed E-state index contributed by atoms with van der Waals surface area (Å²) in [5.41, 5.74) is 2.54. The van der Waals surface area contributed by atoms with Crippen LogP contribution in [0.15, 0.2) is 48.5 Å². The van der Waals surface area contributed by atoms with Crippen molar-refractivity contribution in [2.24, 2.45) is 5.92 Å². The van der Waals surface area contributed by atoms with Crippen LogP contribution in [0.4, 0.5) is 4.79 Å². The Morgan fingerprint density at radius 3 is 2.39 bits per heavy atom. The predicted molar refractivity (Wildman–Crippen MR) is 146 cm³/mol. The van der Waals surface area contributed by atoms with Crippen LogP contribution in [0.3, 0.4) is 0 Å². The average molecular weight is 524 g/mol. The summed E-state index contributed by atoms with van der Waals surface area (Å²) < 4.78 is 16.6. The third-order valence-corrected chi connectivity index (χ3v) is 7.64. The van der Waals surface area contributed by atoms with E-state index in [0.717, 1.165) is 36.5 Å². The van der Waals surface area contributed by atoms with Gasteiger partial charge in [0.1, 0.15) is 5.75 Å². The molecule has 0 spiro atoms. The lowest BCUT2D eigenvalue weighted by atomic mass is 9.89. The van der Waals surface area contributed by atoms with Gasteiger partial charge < -0.3 is 24.4 Å². The molecular formula is C30H41N3O5. The molecule has 2 aliphatic rings. The summed E-state index contributed by atoms with van der Waals surface area (Å²) >= 11 is 0. The van der Waals surface area contributed by atoms with Crippen molar-refractivity contribution in [1.29, 1.82) is 0 Å². The van der Waals surface area contributed by atoms with Crippen LogP contribution >= 0.6 is 0 Å². The van der Waals surface area contributed by atoms with E-state index in [1.807, 2.05) is 35.2 Å². The molecule has 8 heteroatoms. The molecule has 1 atom stereocenters. The van der Waals surface area contributed by atoms with Crippen molar-refractivity contribution in [3.63, 3.8) is 0 Å². The number of esters is 1. The van der Waals surface area contributed by atoms with Gasteiger partial charge in [0, 0.05) is 39.3 Å². The van der Waals surface area contributed by atoms with Crippen molar-refractivity contribution in [2.75, 3.05) is 53.5 Å². The number of hydrogen-bond donors (Lipinski definition) is 1. The van der Waals surface area contributed by atoms with Gasteiger partial charge in [-0.1, -0.05) is 43.5 Å². The molecule has 2 amide bonds. The van der Waals surface area contributed by atoms with E-state index in [0.29, 0.717) is 37.7 Å². The number of urea groups is 1. The lowest BCUT2D eigenvalue weighted by molar-refractivity contribution is 0.00542. The summed E-state index contributed by atoms with van der Waals surface area (Å²) in [7, 11) is 3.04. The maximum absolute atomic E-state index is 12.7. The Morgan fingerprint density at radius 1 is 0.974 bits per heavy atom. The summed E-state index contributed by atoms with van der Waals surface area (Å²) in [5.74, 6) is 1.07. The van der Waals surface area contributed by atoms with Gasteiger partial charge in [-0.05, 0) is 54.2 Å². The van der Waals surface area contributed by atoms with Gasteiger partial charge in [0.15, 0.2) is 0 Å². The molecule has 1 aliphatic carbocycles. The molecule has 1 aliphatic heterocycles. The second-order valence-electron chi connectivity index (χ2n) is 10.2. The molecule has 0 bridgehead atoms. The van der Waals surface area contributed by atoms with Crippen LogP contribution in [0.2, 0.25) is 0 Å². The molecule has 0 aromatic heterocycles. The van der Waals surface area contributed by atoms with Crippen LogP contribution in [0, 0.1) is 5.92 Å². The summed E-state index contributed by atoms with van der Waals surface area (Å²) in [6.45, 7) is 4.93. The number of piperazine rings is 1. The Bertz CT molecular complexity index is 1030. The fourth-order valence-corrected chi connectivity index (χ4v) is 5.25. The molecule has 0 radical (unpaired) electrons. The monoisotopic (exact) mass is 523 g/mol. The van der Waals surface area contributed by atoms with Crippen molar-refractivity contribution in [2.45, 2.75) is 44.8 Å². The van der Waals surface area contributed by atoms with Crippen molar-refractivity contribution in [1.82, 2.24) is 15.1 Å². The smallest absolute Gasteiger partial charge is 0.337 e. The third kappa shape index (κ3) is 7.95. The van der Waals surface area contributed by atoms with Crippen molar-refractivity contribution in [3.05, 3.63) is 65.2 Å². The molecule has 38 heavy (non-hydrogen) atoms. The largest absolute Gasteiger partial charge is 0.497 e. The molecule has 2 aromatic rings. The van der Waals surface area contributed by atoms with E-state index in [2.05, 4.69) is 16.3 Å². The SMILES string of the molecule is COC(=O)c1ccc(CO[C@H](CN2CCN(C(=O)NCC3CCCCC3)CC2)c2cccc(OC)c2)cc1. The average Bonchev–Trinajstić information content (AvgIpc) is 2.98. The maximum Gasteiger partial charge on any atom is 0.337 e. The molecule has 8 nitrogen and oxygen atoms in total. The lowest BCUT2D eigenvalue weighted by Gasteiger charge is -2.36. The Labute approximate surface area is 226 Å². The molecule has 0 unspecified atom stereocenters. The number of carbonyl (C=O) groups excluding carboxylic acids is 2. The van der Waals surface area contributed by atoms with E-state index in [1.54, 1.807) is 19.2 Å². The number of amides is 2. The van der Waals surface area contributed by atoms with E-state index in [1.165, 1.54) is 39.2 Å². The maximum atomic E-state index is 12.7. The zero-order valence-electron chi connectivity index (χ0n) is 22.7. The summed E-state index contributed by atoms with van der Waals surface area (Å²) in [6, 6.07) is 15.3. The number of nitrogens with zero attached hydrogens (tertiary/aromatic N) is 2. The van der Waals surface area contributed by atoms with Crippen molar-refractivity contribution in [3.8, 4) is 5.75 Å².